The molecule has 0 aliphatic heterocycles. The van der Waals surface area contributed by atoms with Gasteiger partial charge in [0.05, 0.1) is 29.2 Å². The van der Waals surface area contributed by atoms with Gasteiger partial charge in [-0.05, 0) is 24.3 Å². The summed E-state index contributed by atoms with van der Waals surface area (Å²) in [6.07, 6.45) is 1.78. The Bertz CT molecular complexity index is 729. The van der Waals surface area contributed by atoms with Crippen LogP contribution in [-0.2, 0) is 19.5 Å². The average molecular weight is 295 g/mol. The Balaban J connectivity index is 2.15. The summed E-state index contributed by atoms with van der Waals surface area (Å²) in [7, 11) is 1.92. The highest BCUT2D eigenvalue weighted by molar-refractivity contribution is 6.31. The largest absolute Gasteiger partial charge is 0.321 e. The first-order chi connectivity index (χ1) is 9.19. The molecule has 0 spiro atoms. The number of nitrogens with zero attached hydrogens (tertiary/aromatic N) is 4. The lowest BCUT2D eigenvalue weighted by atomic mass is 10.3. The van der Waals surface area contributed by atoms with Gasteiger partial charge in [0.15, 0.2) is 0 Å². The van der Waals surface area contributed by atoms with Crippen LogP contribution in [0.3, 0.4) is 0 Å². The molecule has 0 N–H and O–H groups in total. The molecule has 2 aromatic heterocycles. The second-order valence-corrected chi connectivity index (χ2v) is 5.03. The molecule has 19 heavy (non-hydrogen) atoms. The van der Waals surface area contributed by atoms with Gasteiger partial charge in [0.1, 0.15) is 5.82 Å². The van der Waals surface area contributed by atoms with Gasteiger partial charge in [-0.2, -0.15) is 5.10 Å². The number of aryl methyl sites for hydroxylation is 1. The van der Waals surface area contributed by atoms with E-state index in [2.05, 4.69) is 14.6 Å². The van der Waals surface area contributed by atoms with Gasteiger partial charge in [-0.1, -0.05) is 11.6 Å². The molecule has 3 aromatic rings. The van der Waals surface area contributed by atoms with Crippen molar-refractivity contribution in [3.63, 3.8) is 0 Å². The van der Waals surface area contributed by atoms with Crippen LogP contribution in [0.5, 0.6) is 0 Å². The van der Waals surface area contributed by atoms with Gasteiger partial charge in [-0.3, -0.25) is 4.68 Å². The molecule has 0 amide bonds. The van der Waals surface area contributed by atoms with Crippen molar-refractivity contribution < 1.29 is 0 Å². The van der Waals surface area contributed by atoms with E-state index >= 15 is 0 Å². The predicted octanol–water partition coefficient (Wildman–Crippen LogP) is 3.21. The van der Waals surface area contributed by atoms with Crippen LogP contribution < -0.4 is 0 Å². The summed E-state index contributed by atoms with van der Waals surface area (Å²) in [5.41, 5.74) is 2.98. The Morgan fingerprint density at radius 3 is 2.79 bits per heavy atom. The molecular weight excluding hydrogens is 283 g/mol. The molecule has 0 bridgehead atoms. The predicted molar refractivity (Wildman–Crippen MR) is 76.6 cm³/mol. The SMILES string of the molecule is Cn1nccc1Cn1c(CCl)nc2ccc(Cl)cc21. The third kappa shape index (κ3) is 2.22. The maximum atomic E-state index is 6.06. The smallest absolute Gasteiger partial charge is 0.125 e. The zero-order valence-corrected chi connectivity index (χ0v) is 11.9. The molecule has 0 saturated carbocycles. The lowest BCUT2D eigenvalue weighted by molar-refractivity contribution is 0.663. The molecule has 0 aliphatic carbocycles. The van der Waals surface area contributed by atoms with E-state index in [0.29, 0.717) is 17.4 Å². The number of alkyl halides is 1. The van der Waals surface area contributed by atoms with E-state index in [1.54, 1.807) is 6.20 Å². The topological polar surface area (TPSA) is 35.6 Å². The van der Waals surface area contributed by atoms with E-state index in [4.69, 9.17) is 23.2 Å². The van der Waals surface area contributed by atoms with Crippen molar-refractivity contribution in [2.24, 2.45) is 7.05 Å². The van der Waals surface area contributed by atoms with Gasteiger partial charge in [0.2, 0.25) is 0 Å². The highest BCUT2D eigenvalue weighted by atomic mass is 35.5. The Morgan fingerprint density at radius 1 is 1.26 bits per heavy atom. The molecule has 1 aromatic carbocycles. The Hall–Kier alpha value is -1.52. The second kappa shape index (κ2) is 4.87. The van der Waals surface area contributed by atoms with Crippen LogP contribution >= 0.6 is 23.2 Å². The Kier molecular flexibility index (Phi) is 3.21. The number of rotatable bonds is 3. The Labute approximate surface area is 120 Å². The fourth-order valence-electron chi connectivity index (χ4n) is 2.14. The van der Waals surface area contributed by atoms with E-state index in [-0.39, 0.29) is 0 Å². The zero-order chi connectivity index (χ0) is 13.4. The molecule has 6 heteroatoms. The number of hydrogen-bond acceptors (Lipinski definition) is 2. The molecule has 0 aliphatic rings. The molecule has 2 heterocycles. The molecule has 0 atom stereocenters. The first-order valence-electron chi connectivity index (χ1n) is 5.86. The van der Waals surface area contributed by atoms with Crippen LogP contribution in [0.15, 0.2) is 30.5 Å². The number of aromatic nitrogens is 4. The van der Waals surface area contributed by atoms with Crippen LogP contribution in [-0.4, -0.2) is 19.3 Å². The highest BCUT2D eigenvalue weighted by Gasteiger charge is 2.12. The van der Waals surface area contributed by atoms with Gasteiger partial charge in [-0.25, -0.2) is 4.98 Å². The molecule has 4 nitrogen and oxygen atoms in total. The summed E-state index contributed by atoms with van der Waals surface area (Å²) < 4.78 is 3.92. The molecule has 0 unspecified atom stereocenters. The van der Waals surface area contributed by atoms with E-state index in [1.807, 2.05) is 36.0 Å². The lowest BCUT2D eigenvalue weighted by Gasteiger charge is -2.08. The molecular formula is C13H12Cl2N4. The summed E-state index contributed by atoms with van der Waals surface area (Å²) in [6, 6.07) is 7.64. The minimum atomic E-state index is 0.365. The zero-order valence-electron chi connectivity index (χ0n) is 10.3. The molecule has 0 fully saturated rings. The summed E-state index contributed by atoms with van der Waals surface area (Å²) in [5, 5.41) is 4.87. The standard InChI is InChI=1S/C13H12Cl2N4/c1-18-10(4-5-16-18)8-19-12-6-9(15)2-3-11(12)17-13(19)7-14/h2-6H,7-8H2,1H3. The first kappa shape index (κ1) is 12.5. The van der Waals surface area contributed by atoms with Crippen molar-refractivity contribution in [3.8, 4) is 0 Å². The van der Waals surface area contributed by atoms with Gasteiger partial charge < -0.3 is 4.57 Å². The van der Waals surface area contributed by atoms with Crippen molar-refractivity contribution in [2.75, 3.05) is 0 Å². The molecule has 3 rings (SSSR count). The minimum Gasteiger partial charge on any atom is -0.321 e. The van der Waals surface area contributed by atoms with Gasteiger partial charge >= 0.3 is 0 Å². The van der Waals surface area contributed by atoms with Crippen molar-refractivity contribution in [1.29, 1.82) is 0 Å². The van der Waals surface area contributed by atoms with E-state index < -0.39 is 0 Å². The van der Waals surface area contributed by atoms with Crippen LogP contribution in [0.2, 0.25) is 5.02 Å². The van der Waals surface area contributed by atoms with Gasteiger partial charge in [0, 0.05) is 18.3 Å². The molecule has 98 valence electrons. The highest BCUT2D eigenvalue weighted by Crippen LogP contribution is 2.22. The minimum absolute atomic E-state index is 0.365. The van der Waals surface area contributed by atoms with E-state index in [9.17, 15) is 0 Å². The maximum absolute atomic E-state index is 6.06. The Morgan fingerprint density at radius 2 is 2.11 bits per heavy atom. The summed E-state index contributed by atoms with van der Waals surface area (Å²) >= 11 is 12.0. The van der Waals surface area contributed by atoms with Crippen LogP contribution in [0.1, 0.15) is 11.5 Å². The van der Waals surface area contributed by atoms with E-state index in [0.717, 1.165) is 22.6 Å². The quantitative estimate of drug-likeness (QED) is 0.696. The fourth-order valence-corrected chi connectivity index (χ4v) is 2.51. The molecule has 0 saturated heterocycles. The number of halogens is 2. The number of hydrogen-bond donors (Lipinski definition) is 0. The van der Waals surface area contributed by atoms with Crippen LogP contribution in [0.25, 0.3) is 11.0 Å². The average Bonchev–Trinajstić information content (AvgIpc) is 2.95. The number of benzene rings is 1. The van der Waals surface area contributed by atoms with Crippen molar-refractivity contribution in [3.05, 3.63) is 47.0 Å². The first-order valence-corrected chi connectivity index (χ1v) is 6.78. The van der Waals surface area contributed by atoms with Gasteiger partial charge in [0.25, 0.3) is 0 Å². The van der Waals surface area contributed by atoms with Crippen molar-refractivity contribution in [1.82, 2.24) is 19.3 Å². The summed E-state index contributed by atoms with van der Waals surface area (Å²) in [6.45, 7) is 0.676. The fraction of sp³-hybridized carbons (Fsp3) is 0.231. The lowest BCUT2D eigenvalue weighted by Crippen LogP contribution is -2.08. The van der Waals surface area contributed by atoms with Crippen LogP contribution in [0.4, 0.5) is 0 Å². The summed E-state index contributed by atoms with van der Waals surface area (Å²) in [4.78, 5) is 4.53. The van der Waals surface area contributed by atoms with E-state index in [1.165, 1.54) is 0 Å². The van der Waals surface area contributed by atoms with Crippen molar-refractivity contribution >= 4 is 34.2 Å². The monoisotopic (exact) mass is 294 g/mol. The third-order valence-electron chi connectivity index (χ3n) is 3.15. The third-order valence-corrected chi connectivity index (χ3v) is 3.63. The van der Waals surface area contributed by atoms with Gasteiger partial charge in [-0.15, -0.1) is 11.6 Å². The maximum Gasteiger partial charge on any atom is 0.125 e. The van der Waals surface area contributed by atoms with Crippen LogP contribution in [0, 0.1) is 0 Å². The summed E-state index contributed by atoms with van der Waals surface area (Å²) in [5.74, 6) is 1.20. The second-order valence-electron chi connectivity index (χ2n) is 4.33. The normalized spacial score (nSPS) is 11.3. The van der Waals surface area contributed by atoms with Crippen molar-refractivity contribution in [2.45, 2.75) is 12.4 Å². The number of imidazole rings is 1. The molecule has 0 radical (unpaired) electrons. The number of fused-ring (bicyclic) bond motifs is 1.